The van der Waals surface area contributed by atoms with Gasteiger partial charge in [0.25, 0.3) is 0 Å². The molecule has 2 aromatic carbocycles. The van der Waals surface area contributed by atoms with Crippen molar-refractivity contribution >= 4 is 23.1 Å². The maximum Gasteiger partial charge on any atom is 0.240 e. The van der Waals surface area contributed by atoms with Gasteiger partial charge < -0.3 is 19.4 Å². The maximum atomic E-state index is 12.8. The zero-order chi connectivity index (χ0) is 20.4. The van der Waals surface area contributed by atoms with Gasteiger partial charge in [0.05, 0.1) is 19.3 Å². The number of carbonyl (C=O) groups excluding carboxylic acids is 2. The Morgan fingerprint density at radius 2 is 1.93 bits per heavy atom. The van der Waals surface area contributed by atoms with E-state index in [0.29, 0.717) is 24.5 Å². The van der Waals surface area contributed by atoms with Crippen LogP contribution in [0.15, 0.2) is 42.5 Å². The van der Waals surface area contributed by atoms with E-state index in [1.807, 2.05) is 60.9 Å². The summed E-state index contributed by atoms with van der Waals surface area (Å²) in [7, 11) is 0. The number of nitrogens with zero attached hydrogens (tertiary/aromatic N) is 1. The van der Waals surface area contributed by atoms with Crippen molar-refractivity contribution in [2.75, 3.05) is 13.2 Å². The lowest BCUT2D eigenvalue weighted by molar-refractivity contribution is -0.122. The van der Waals surface area contributed by atoms with Gasteiger partial charge in [-0.15, -0.1) is 0 Å². The fourth-order valence-electron chi connectivity index (χ4n) is 3.77. The van der Waals surface area contributed by atoms with Gasteiger partial charge in [-0.05, 0) is 37.6 Å². The third kappa shape index (κ3) is 3.70. The van der Waals surface area contributed by atoms with Crippen molar-refractivity contribution in [2.45, 2.75) is 32.9 Å². The summed E-state index contributed by atoms with van der Waals surface area (Å²) in [6, 6.07) is 13.2. The second-order valence-electron chi connectivity index (χ2n) is 7.27. The minimum Gasteiger partial charge on any atom is -0.490 e. The first-order chi connectivity index (χ1) is 14.1. The van der Waals surface area contributed by atoms with Crippen LogP contribution >= 0.6 is 0 Å². The van der Waals surface area contributed by atoms with Crippen LogP contribution in [0.4, 0.5) is 0 Å². The second kappa shape index (κ2) is 7.99. The SMILES string of the molecule is Cc1c(C=O)c2ccccc2n1CC(=O)NC(C)c1ccc2c(c1)OCCCO2. The Hall–Kier alpha value is -3.28. The van der Waals surface area contributed by atoms with Gasteiger partial charge >= 0.3 is 0 Å². The van der Waals surface area contributed by atoms with Gasteiger partial charge in [-0.25, -0.2) is 0 Å². The van der Waals surface area contributed by atoms with Crippen molar-refractivity contribution in [3.8, 4) is 11.5 Å². The lowest BCUT2D eigenvalue weighted by Crippen LogP contribution is -2.30. The smallest absolute Gasteiger partial charge is 0.240 e. The lowest BCUT2D eigenvalue weighted by Gasteiger charge is -2.17. The highest BCUT2D eigenvalue weighted by Gasteiger charge is 2.18. The summed E-state index contributed by atoms with van der Waals surface area (Å²) >= 11 is 0. The molecule has 0 fully saturated rings. The molecule has 1 N–H and O–H groups in total. The summed E-state index contributed by atoms with van der Waals surface area (Å²) in [6.07, 6.45) is 1.70. The molecule has 1 aliphatic rings. The van der Waals surface area contributed by atoms with Crippen LogP contribution in [0.1, 0.15) is 41.0 Å². The third-order valence-corrected chi connectivity index (χ3v) is 5.35. The molecule has 1 unspecified atom stereocenters. The number of hydrogen-bond donors (Lipinski definition) is 1. The predicted molar refractivity (Wildman–Crippen MR) is 111 cm³/mol. The normalized spacial score (nSPS) is 14.3. The summed E-state index contributed by atoms with van der Waals surface area (Å²) in [5, 5.41) is 3.91. The van der Waals surface area contributed by atoms with Gasteiger partial charge in [0.15, 0.2) is 17.8 Å². The molecule has 0 spiro atoms. The van der Waals surface area contributed by atoms with E-state index in [4.69, 9.17) is 9.47 Å². The quantitative estimate of drug-likeness (QED) is 0.671. The minimum absolute atomic E-state index is 0.120. The van der Waals surface area contributed by atoms with Crippen LogP contribution in [0.25, 0.3) is 10.9 Å². The molecule has 29 heavy (non-hydrogen) atoms. The highest BCUT2D eigenvalue weighted by Crippen LogP contribution is 2.32. The standard InChI is InChI=1S/C23H24N2O4/c1-15(17-8-9-21-22(12-17)29-11-5-10-28-21)24-23(27)13-25-16(2)19(14-26)18-6-3-4-7-20(18)25/h3-4,6-9,12,14-15H,5,10-11,13H2,1-2H3,(H,24,27). The number of para-hydroxylation sites is 1. The minimum atomic E-state index is -0.188. The summed E-state index contributed by atoms with van der Waals surface area (Å²) in [4.78, 5) is 24.3. The maximum absolute atomic E-state index is 12.8. The molecule has 2 heterocycles. The van der Waals surface area contributed by atoms with Gasteiger partial charge in [0.2, 0.25) is 5.91 Å². The van der Waals surface area contributed by atoms with E-state index in [9.17, 15) is 9.59 Å². The number of benzene rings is 2. The Morgan fingerprint density at radius 1 is 1.17 bits per heavy atom. The van der Waals surface area contributed by atoms with E-state index in [-0.39, 0.29) is 18.5 Å². The fourth-order valence-corrected chi connectivity index (χ4v) is 3.77. The van der Waals surface area contributed by atoms with Gasteiger partial charge in [-0.3, -0.25) is 9.59 Å². The molecule has 0 bridgehead atoms. The molecular weight excluding hydrogens is 368 g/mol. The molecule has 6 nitrogen and oxygen atoms in total. The van der Waals surface area contributed by atoms with Crippen molar-refractivity contribution < 1.29 is 19.1 Å². The molecule has 1 atom stereocenters. The largest absolute Gasteiger partial charge is 0.490 e. The molecule has 1 amide bonds. The molecule has 1 aromatic heterocycles. The van der Waals surface area contributed by atoms with Gasteiger partial charge in [0.1, 0.15) is 6.54 Å². The van der Waals surface area contributed by atoms with E-state index in [0.717, 1.165) is 40.6 Å². The number of nitrogens with one attached hydrogen (secondary N) is 1. The van der Waals surface area contributed by atoms with E-state index >= 15 is 0 Å². The van der Waals surface area contributed by atoms with Crippen LogP contribution in [-0.2, 0) is 11.3 Å². The molecule has 4 rings (SSSR count). The molecule has 0 saturated heterocycles. The van der Waals surface area contributed by atoms with E-state index in [1.165, 1.54) is 0 Å². The molecular formula is C23H24N2O4. The van der Waals surface area contributed by atoms with Gasteiger partial charge in [0, 0.05) is 28.6 Å². The van der Waals surface area contributed by atoms with Crippen molar-refractivity contribution in [3.63, 3.8) is 0 Å². The average molecular weight is 392 g/mol. The average Bonchev–Trinajstić information content (AvgIpc) is 2.87. The molecule has 0 aliphatic carbocycles. The zero-order valence-corrected chi connectivity index (χ0v) is 16.6. The number of amides is 1. The Kier molecular flexibility index (Phi) is 5.25. The monoisotopic (exact) mass is 392 g/mol. The highest BCUT2D eigenvalue weighted by molar-refractivity contribution is 6.00. The van der Waals surface area contributed by atoms with Crippen LogP contribution in [-0.4, -0.2) is 30.0 Å². The molecule has 0 saturated carbocycles. The van der Waals surface area contributed by atoms with Crippen LogP contribution < -0.4 is 14.8 Å². The second-order valence-corrected chi connectivity index (χ2v) is 7.27. The number of rotatable bonds is 5. The van der Waals surface area contributed by atoms with E-state index < -0.39 is 0 Å². The molecule has 6 heteroatoms. The van der Waals surface area contributed by atoms with Crippen molar-refractivity contribution in [1.82, 2.24) is 9.88 Å². The number of fused-ring (bicyclic) bond motifs is 2. The van der Waals surface area contributed by atoms with Crippen molar-refractivity contribution in [2.24, 2.45) is 0 Å². The Labute approximate surface area is 169 Å². The number of aromatic nitrogens is 1. The summed E-state index contributed by atoms with van der Waals surface area (Å²) in [6.45, 7) is 5.22. The summed E-state index contributed by atoms with van der Waals surface area (Å²) in [5.74, 6) is 1.33. The van der Waals surface area contributed by atoms with Gasteiger partial charge in [-0.1, -0.05) is 24.3 Å². The third-order valence-electron chi connectivity index (χ3n) is 5.35. The Balaban J connectivity index is 1.52. The number of carbonyl (C=O) groups is 2. The van der Waals surface area contributed by atoms with Crippen LogP contribution in [0.5, 0.6) is 11.5 Å². The Bertz CT molecular complexity index is 1070. The zero-order valence-electron chi connectivity index (χ0n) is 16.6. The lowest BCUT2D eigenvalue weighted by atomic mass is 10.1. The van der Waals surface area contributed by atoms with Crippen LogP contribution in [0.2, 0.25) is 0 Å². The molecule has 1 aliphatic heterocycles. The first kappa shape index (κ1) is 19.1. The predicted octanol–water partition coefficient (Wildman–Crippen LogP) is 3.80. The first-order valence-electron chi connectivity index (χ1n) is 9.80. The fraction of sp³-hybridized carbons (Fsp3) is 0.304. The first-order valence-corrected chi connectivity index (χ1v) is 9.80. The van der Waals surface area contributed by atoms with Crippen molar-refractivity contribution in [3.05, 3.63) is 59.3 Å². The summed E-state index contributed by atoms with van der Waals surface area (Å²) < 4.78 is 13.3. The number of hydrogen-bond acceptors (Lipinski definition) is 4. The summed E-state index contributed by atoms with van der Waals surface area (Å²) in [5.41, 5.74) is 3.25. The van der Waals surface area contributed by atoms with E-state index in [2.05, 4.69) is 5.32 Å². The number of aldehydes is 1. The highest BCUT2D eigenvalue weighted by atomic mass is 16.5. The van der Waals surface area contributed by atoms with Gasteiger partial charge in [-0.2, -0.15) is 0 Å². The molecule has 150 valence electrons. The van der Waals surface area contributed by atoms with E-state index in [1.54, 1.807) is 0 Å². The van der Waals surface area contributed by atoms with Crippen LogP contribution in [0.3, 0.4) is 0 Å². The molecule has 3 aromatic rings. The van der Waals surface area contributed by atoms with Crippen molar-refractivity contribution in [1.29, 1.82) is 0 Å². The molecule has 0 radical (unpaired) electrons. The topological polar surface area (TPSA) is 69.6 Å². The van der Waals surface area contributed by atoms with Crippen LogP contribution in [0, 0.1) is 6.92 Å². The number of ether oxygens (including phenoxy) is 2. The Morgan fingerprint density at radius 3 is 2.72 bits per heavy atom.